The number of benzene rings is 1. The zero-order chi connectivity index (χ0) is 12.3. The summed E-state index contributed by atoms with van der Waals surface area (Å²) in [5.74, 6) is 0.0929. The molecule has 1 aliphatic carbocycles. The summed E-state index contributed by atoms with van der Waals surface area (Å²) in [6.07, 6.45) is 4.08. The average Bonchev–Trinajstić information content (AvgIpc) is 3.07. The number of nitrogens with two attached hydrogens (primary N) is 1. The smallest absolute Gasteiger partial charge is 0.224 e. The van der Waals surface area contributed by atoms with E-state index in [1.807, 2.05) is 24.3 Å². The van der Waals surface area contributed by atoms with E-state index in [4.69, 9.17) is 5.73 Å². The number of rotatable bonds is 5. The van der Waals surface area contributed by atoms with Gasteiger partial charge >= 0.3 is 0 Å². The van der Waals surface area contributed by atoms with E-state index in [1.165, 1.54) is 12.8 Å². The summed E-state index contributed by atoms with van der Waals surface area (Å²) in [5.41, 5.74) is 7.77. The maximum atomic E-state index is 11.8. The number of amides is 1. The molecule has 0 unspecified atom stereocenters. The molecule has 1 aliphatic rings. The maximum Gasteiger partial charge on any atom is 0.224 e. The Balaban J connectivity index is 1.81. The Morgan fingerprint density at radius 1 is 1.47 bits per heavy atom. The number of anilines is 1. The molecule has 0 saturated heterocycles. The average molecular weight is 232 g/mol. The molecule has 0 heterocycles. The van der Waals surface area contributed by atoms with Crippen LogP contribution in [0.5, 0.6) is 0 Å². The van der Waals surface area contributed by atoms with E-state index in [0.717, 1.165) is 18.5 Å². The summed E-state index contributed by atoms with van der Waals surface area (Å²) in [6.45, 7) is 3.02. The van der Waals surface area contributed by atoms with Crippen LogP contribution in [0.4, 0.5) is 5.69 Å². The molecule has 0 atom stereocenters. The molecule has 1 fully saturated rings. The van der Waals surface area contributed by atoms with Gasteiger partial charge in [-0.25, -0.2) is 0 Å². The van der Waals surface area contributed by atoms with Crippen LogP contribution in [0.2, 0.25) is 0 Å². The second kappa shape index (κ2) is 4.78. The van der Waals surface area contributed by atoms with Crippen LogP contribution in [0.15, 0.2) is 24.3 Å². The van der Waals surface area contributed by atoms with Gasteiger partial charge in [0.1, 0.15) is 0 Å². The Bertz CT molecular complexity index is 410. The van der Waals surface area contributed by atoms with Crippen LogP contribution in [0, 0.1) is 5.41 Å². The van der Waals surface area contributed by atoms with Crippen molar-refractivity contribution in [3.8, 4) is 0 Å². The number of nitrogens with one attached hydrogen (secondary N) is 1. The zero-order valence-corrected chi connectivity index (χ0v) is 10.3. The first-order valence-electron chi connectivity index (χ1n) is 6.25. The summed E-state index contributed by atoms with van der Waals surface area (Å²) >= 11 is 0. The molecule has 3 N–H and O–H groups in total. The molecular formula is C14H20N2O. The Morgan fingerprint density at radius 3 is 2.82 bits per heavy atom. The second-order valence-electron chi connectivity index (χ2n) is 5.05. The summed E-state index contributed by atoms with van der Waals surface area (Å²) in [4.78, 5) is 11.8. The van der Waals surface area contributed by atoms with Crippen molar-refractivity contribution in [3.05, 3.63) is 29.8 Å². The van der Waals surface area contributed by atoms with E-state index in [0.29, 0.717) is 17.5 Å². The standard InChI is InChI=1S/C14H20N2O/c1-2-14(6-7-14)10-16-13(17)9-11-4-3-5-12(15)8-11/h3-5,8H,2,6-7,9-10,15H2,1H3,(H,16,17). The second-order valence-corrected chi connectivity index (χ2v) is 5.05. The molecule has 1 aromatic carbocycles. The molecule has 0 aromatic heterocycles. The Morgan fingerprint density at radius 2 is 2.24 bits per heavy atom. The largest absolute Gasteiger partial charge is 0.399 e. The number of carbonyl (C=O) groups excluding carboxylic acids is 1. The lowest BCUT2D eigenvalue weighted by atomic mass is 10.0. The van der Waals surface area contributed by atoms with Crippen molar-refractivity contribution >= 4 is 11.6 Å². The summed E-state index contributed by atoms with van der Waals surface area (Å²) in [7, 11) is 0. The minimum atomic E-state index is 0.0929. The van der Waals surface area contributed by atoms with Crippen LogP contribution in [0.25, 0.3) is 0 Å². The predicted molar refractivity (Wildman–Crippen MR) is 69.5 cm³/mol. The van der Waals surface area contributed by atoms with Gasteiger partial charge in [0.2, 0.25) is 5.91 Å². The molecule has 0 bridgehead atoms. The quantitative estimate of drug-likeness (QED) is 0.764. The Hall–Kier alpha value is -1.51. The number of nitrogen functional groups attached to an aromatic ring is 1. The lowest BCUT2D eigenvalue weighted by Crippen LogP contribution is -2.31. The minimum absolute atomic E-state index is 0.0929. The molecule has 2 rings (SSSR count). The van der Waals surface area contributed by atoms with Crippen molar-refractivity contribution in [3.63, 3.8) is 0 Å². The van der Waals surface area contributed by atoms with Crippen LogP contribution in [0.3, 0.4) is 0 Å². The zero-order valence-electron chi connectivity index (χ0n) is 10.3. The highest BCUT2D eigenvalue weighted by Gasteiger charge is 2.40. The fourth-order valence-corrected chi connectivity index (χ4v) is 2.07. The maximum absolute atomic E-state index is 11.8. The van der Waals surface area contributed by atoms with Crippen LogP contribution in [0.1, 0.15) is 31.7 Å². The fraction of sp³-hybridized carbons (Fsp3) is 0.500. The van der Waals surface area contributed by atoms with E-state index in [-0.39, 0.29) is 5.91 Å². The van der Waals surface area contributed by atoms with Crippen LogP contribution in [-0.2, 0) is 11.2 Å². The highest BCUT2D eigenvalue weighted by atomic mass is 16.1. The lowest BCUT2D eigenvalue weighted by Gasteiger charge is -2.13. The summed E-state index contributed by atoms with van der Waals surface area (Å²) < 4.78 is 0. The minimum Gasteiger partial charge on any atom is -0.399 e. The molecule has 0 spiro atoms. The molecular weight excluding hydrogens is 212 g/mol. The van der Waals surface area contributed by atoms with Crippen molar-refractivity contribution in [1.82, 2.24) is 5.32 Å². The van der Waals surface area contributed by atoms with Gasteiger partial charge in [-0.05, 0) is 42.4 Å². The van der Waals surface area contributed by atoms with Crippen molar-refractivity contribution in [1.29, 1.82) is 0 Å². The van der Waals surface area contributed by atoms with E-state index in [9.17, 15) is 4.79 Å². The van der Waals surface area contributed by atoms with Crippen molar-refractivity contribution < 1.29 is 4.79 Å². The molecule has 1 amide bonds. The van der Waals surface area contributed by atoms with Gasteiger partial charge < -0.3 is 11.1 Å². The van der Waals surface area contributed by atoms with Crippen molar-refractivity contribution in [2.45, 2.75) is 32.6 Å². The topological polar surface area (TPSA) is 55.1 Å². The molecule has 1 aromatic rings. The molecule has 92 valence electrons. The van der Waals surface area contributed by atoms with Gasteiger partial charge in [-0.1, -0.05) is 19.1 Å². The van der Waals surface area contributed by atoms with Crippen molar-refractivity contribution in [2.75, 3.05) is 12.3 Å². The van der Waals surface area contributed by atoms with Crippen LogP contribution in [-0.4, -0.2) is 12.5 Å². The third-order valence-electron chi connectivity index (χ3n) is 3.68. The van der Waals surface area contributed by atoms with Gasteiger partial charge in [0, 0.05) is 12.2 Å². The molecule has 1 saturated carbocycles. The van der Waals surface area contributed by atoms with Gasteiger partial charge in [-0.15, -0.1) is 0 Å². The number of carbonyl (C=O) groups is 1. The third-order valence-corrected chi connectivity index (χ3v) is 3.68. The van der Waals surface area contributed by atoms with Gasteiger partial charge in [0.15, 0.2) is 0 Å². The van der Waals surface area contributed by atoms with Crippen LogP contribution < -0.4 is 11.1 Å². The molecule has 0 aliphatic heterocycles. The van der Waals surface area contributed by atoms with Gasteiger partial charge in [0.25, 0.3) is 0 Å². The molecule has 3 nitrogen and oxygen atoms in total. The number of hydrogen-bond acceptors (Lipinski definition) is 2. The first kappa shape index (κ1) is 12.0. The normalized spacial score (nSPS) is 16.5. The van der Waals surface area contributed by atoms with Crippen LogP contribution >= 0.6 is 0 Å². The summed E-state index contributed by atoms with van der Waals surface area (Å²) in [5, 5.41) is 3.02. The molecule has 17 heavy (non-hydrogen) atoms. The van der Waals surface area contributed by atoms with E-state index in [1.54, 1.807) is 0 Å². The Kier molecular flexibility index (Phi) is 3.36. The van der Waals surface area contributed by atoms with Gasteiger partial charge in [0.05, 0.1) is 6.42 Å². The highest BCUT2D eigenvalue weighted by molar-refractivity contribution is 5.78. The van der Waals surface area contributed by atoms with Gasteiger partial charge in [-0.2, -0.15) is 0 Å². The molecule has 0 radical (unpaired) electrons. The number of hydrogen-bond donors (Lipinski definition) is 2. The van der Waals surface area contributed by atoms with E-state index >= 15 is 0 Å². The first-order valence-corrected chi connectivity index (χ1v) is 6.25. The monoisotopic (exact) mass is 232 g/mol. The van der Waals surface area contributed by atoms with E-state index < -0.39 is 0 Å². The third kappa shape index (κ3) is 3.22. The van der Waals surface area contributed by atoms with Crippen molar-refractivity contribution in [2.24, 2.45) is 5.41 Å². The Labute approximate surface area is 102 Å². The molecule has 3 heteroatoms. The van der Waals surface area contributed by atoms with E-state index in [2.05, 4.69) is 12.2 Å². The highest BCUT2D eigenvalue weighted by Crippen LogP contribution is 2.47. The first-order chi connectivity index (χ1) is 8.13. The SMILES string of the molecule is CCC1(CNC(=O)Cc2cccc(N)c2)CC1. The summed E-state index contributed by atoms with van der Waals surface area (Å²) in [6, 6.07) is 7.50. The lowest BCUT2D eigenvalue weighted by molar-refractivity contribution is -0.120. The predicted octanol–water partition coefficient (Wildman–Crippen LogP) is 2.12. The fourth-order valence-electron chi connectivity index (χ4n) is 2.07. The van der Waals surface area contributed by atoms with Gasteiger partial charge in [-0.3, -0.25) is 4.79 Å².